The topological polar surface area (TPSA) is 98.2 Å². The van der Waals surface area contributed by atoms with Crippen molar-refractivity contribution in [3.05, 3.63) is 47.0 Å². The fourth-order valence-electron chi connectivity index (χ4n) is 4.75. The Morgan fingerprint density at radius 3 is 2.51 bits per heavy atom. The third kappa shape index (κ3) is 6.91. The number of hydrogen-bond donors (Lipinski definition) is 2. The number of rotatable bonds is 11. The van der Waals surface area contributed by atoms with Crippen LogP contribution in [0, 0.1) is 6.92 Å². The van der Waals surface area contributed by atoms with Gasteiger partial charge in [0.05, 0.1) is 19.9 Å². The van der Waals surface area contributed by atoms with E-state index in [4.69, 9.17) is 40.5 Å². The first-order chi connectivity index (χ1) is 18.8. The Labute approximate surface area is 235 Å². The average Bonchev–Trinajstić information content (AvgIpc) is 2.95. The molecule has 0 saturated carbocycles. The second-order valence-electron chi connectivity index (χ2n) is 9.57. The molecule has 210 valence electrons. The largest absolute Gasteiger partial charge is 0.493 e. The number of ether oxygens (including phenoxy) is 4. The number of methoxy groups -OCH3 is 2. The summed E-state index contributed by atoms with van der Waals surface area (Å²) >= 11 is 6.50. The number of anilines is 1. The summed E-state index contributed by atoms with van der Waals surface area (Å²) in [6.45, 7) is 4.04. The van der Waals surface area contributed by atoms with Crippen LogP contribution in [0.3, 0.4) is 0 Å². The van der Waals surface area contributed by atoms with Crippen LogP contribution in [0.1, 0.15) is 18.4 Å². The van der Waals surface area contributed by atoms with Crippen LogP contribution in [0.4, 0.5) is 5.82 Å². The Hall–Kier alpha value is -3.11. The highest BCUT2D eigenvalue weighted by atomic mass is 35.5. The molecule has 0 radical (unpaired) electrons. The Morgan fingerprint density at radius 2 is 1.82 bits per heavy atom. The molecule has 1 unspecified atom stereocenters. The molecule has 0 aliphatic carbocycles. The van der Waals surface area contributed by atoms with Gasteiger partial charge in [-0.1, -0.05) is 11.6 Å². The summed E-state index contributed by atoms with van der Waals surface area (Å²) in [4.78, 5) is 12.3. The molecule has 3 aromatic rings. The van der Waals surface area contributed by atoms with Crippen LogP contribution >= 0.6 is 11.6 Å². The van der Waals surface area contributed by atoms with Crippen molar-refractivity contribution < 1.29 is 24.1 Å². The summed E-state index contributed by atoms with van der Waals surface area (Å²) in [5.74, 6) is 3.15. The lowest BCUT2D eigenvalue weighted by Crippen LogP contribution is -2.37. The lowest BCUT2D eigenvalue weighted by molar-refractivity contribution is 0.0853. The van der Waals surface area contributed by atoms with Crippen molar-refractivity contribution in [1.29, 1.82) is 0 Å². The summed E-state index contributed by atoms with van der Waals surface area (Å²) in [5.41, 5.74) is 3.32. The summed E-state index contributed by atoms with van der Waals surface area (Å²) in [7, 11) is 7.08. The zero-order valence-corrected chi connectivity index (χ0v) is 23.9. The number of nitrogens with zero attached hydrogens (tertiary/aromatic N) is 3. The lowest BCUT2D eigenvalue weighted by atomic mass is 10.0. The molecule has 1 aromatic heterocycles. The first-order valence-electron chi connectivity index (χ1n) is 13.0. The van der Waals surface area contributed by atoms with Crippen molar-refractivity contribution in [2.75, 3.05) is 59.6 Å². The van der Waals surface area contributed by atoms with Crippen molar-refractivity contribution in [3.8, 4) is 39.9 Å². The zero-order valence-electron chi connectivity index (χ0n) is 23.2. The molecule has 1 aliphatic rings. The van der Waals surface area contributed by atoms with Crippen LogP contribution in [0.5, 0.6) is 17.2 Å². The number of hydrogen-bond acceptors (Lipinski definition) is 9. The average molecular weight is 557 g/mol. The second-order valence-corrected chi connectivity index (χ2v) is 10.0. The molecule has 4 rings (SSSR count). The Kier molecular flexibility index (Phi) is 9.85. The molecule has 0 bridgehead atoms. The van der Waals surface area contributed by atoms with Gasteiger partial charge in [-0.05, 0) is 63.2 Å². The van der Waals surface area contributed by atoms with E-state index in [1.165, 1.54) is 0 Å². The molecular weight excluding hydrogens is 520 g/mol. The van der Waals surface area contributed by atoms with E-state index in [2.05, 4.69) is 17.3 Å². The highest BCUT2D eigenvalue weighted by Gasteiger charge is 2.24. The minimum atomic E-state index is -0.649. The maximum absolute atomic E-state index is 10.1. The number of halogens is 1. The van der Waals surface area contributed by atoms with Gasteiger partial charge in [-0.2, -0.15) is 0 Å². The van der Waals surface area contributed by atoms with Gasteiger partial charge in [0.15, 0.2) is 17.3 Å². The van der Waals surface area contributed by atoms with E-state index in [0.29, 0.717) is 46.2 Å². The van der Waals surface area contributed by atoms with Crippen molar-refractivity contribution in [2.24, 2.45) is 0 Å². The quantitative estimate of drug-likeness (QED) is 0.357. The van der Waals surface area contributed by atoms with Gasteiger partial charge in [-0.15, -0.1) is 0 Å². The van der Waals surface area contributed by atoms with Gasteiger partial charge in [0.1, 0.15) is 24.3 Å². The fraction of sp³-hybridized carbons (Fsp3) is 0.448. The van der Waals surface area contributed by atoms with E-state index in [1.807, 2.05) is 37.3 Å². The molecular formula is C29H37ClN4O5. The van der Waals surface area contributed by atoms with Gasteiger partial charge < -0.3 is 34.3 Å². The second kappa shape index (κ2) is 13.3. The van der Waals surface area contributed by atoms with Gasteiger partial charge in [0.25, 0.3) is 0 Å². The van der Waals surface area contributed by atoms with Crippen LogP contribution in [-0.4, -0.2) is 81.9 Å². The van der Waals surface area contributed by atoms with Gasteiger partial charge in [-0.25, -0.2) is 9.97 Å². The maximum Gasteiger partial charge on any atom is 0.162 e. The lowest BCUT2D eigenvalue weighted by Gasteiger charge is -2.33. The molecule has 1 fully saturated rings. The van der Waals surface area contributed by atoms with Gasteiger partial charge in [0, 0.05) is 54.6 Å². The first kappa shape index (κ1) is 28.9. The first-order valence-corrected chi connectivity index (χ1v) is 13.4. The van der Waals surface area contributed by atoms with Crippen molar-refractivity contribution >= 4 is 17.4 Å². The third-order valence-corrected chi connectivity index (χ3v) is 7.08. The summed E-state index contributed by atoms with van der Waals surface area (Å²) in [6.07, 6.45) is 1.19. The van der Waals surface area contributed by atoms with Crippen molar-refractivity contribution in [3.63, 3.8) is 0 Å². The molecule has 2 aromatic carbocycles. The van der Waals surface area contributed by atoms with Crippen LogP contribution in [0.2, 0.25) is 5.02 Å². The van der Waals surface area contributed by atoms with E-state index < -0.39 is 6.10 Å². The van der Waals surface area contributed by atoms with E-state index in [9.17, 15) is 5.11 Å². The number of aromatic nitrogens is 2. The number of aliphatic hydroxyl groups excluding tert-OH is 1. The highest BCUT2D eigenvalue weighted by molar-refractivity contribution is 6.31. The summed E-state index contributed by atoms with van der Waals surface area (Å²) in [5, 5.41) is 13.5. The van der Waals surface area contributed by atoms with E-state index >= 15 is 0 Å². The van der Waals surface area contributed by atoms with Gasteiger partial charge in [-0.3, -0.25) is 0 Å². The predicted molar refractivity (Wildman–Crippen MR) is 153 cm³/mol. The number of nitrogens with one attached hydrogen (secondary N) is 1. The molecule has 10 heteroatoms. The smallest absolute Gasteiger partial charge is 0.162 e. The molecule has 2 N–H and O–H groups in total. The van der Waals surface area contributed by atoms with Gasteiger partial charge >= 0.3 is 0 Å². The Morgan fingerprint density at radius 1 is 1.08 bits per heavy atom. The number of benzene rings is 2. The van der Waals surface area contributed by atoms with Crippen LogP contribution < -0.4 is 24.4 Å². The molecule has 1 aliphatic heterocycles. The molecule has 39 heavy (non-hydrogen) atoms. The zero-order chi connectivity index (χ0) is 27.9. The van der Waals surface area contributed by atoms with Crippen molar-refractivity contribution in [1.82, 2.24) is 15.3 Å². The summed E-state index contributed by atoms with van der Waals surface area (Å²) in [6, 6.07) is 11.4. The summed E-state index contributed by atoms with van der Waals surface area (Å²) < 4.78 is 22.5. The molecule has 1 atom stereocenters. The van der Waals surface area contributed by atoms with Crippen LogP contribution in [0.25, 0.3) is 22.6 Å². The molecule has 0 amide bonds. The van der Waals surface area contributed by atoms with Gasteiger partial charge in [0.2, 0.25) is 0 Å². The Balaban J connectivity index is 1.81. The van der Waals surface area contributed by atoms with E-state index in [1.54, 1.807) is 27.3 Å². The number of aliphatic hydroxyl groups is 1. The SMILES string of the molecule is CNCC(O)COc1cc(Cl)cc(-c2nc(-c3ccc(OC)c(OC)c3)c(C)c(N(C)C3CCOCC3)n2)c1. The molecule has 0 spiro atoms. The normalized spacial score (nSPS) is 14.6. The number of likely N-dealkylation sites (N-methyl/N-ethyl adjacent to an activating group) is 1. The fourth-order valence-corrected chi connectivity index (χ4v) is 4.97. The molecule has 2 heterocycles. The minimum absolute atomic E-state index is 0.129. The Bertz CT molecular complexity index is 1270. The third-order valence-electron chi connectivity index (χ3n) is 6.86. The monoisotopic (exact) mass is 556 g/mol. The predicted octanol–water partition coefficient (Wildman–Crippen LogP) is 4.36. The molecule has 1 saturated heterocycles. The molecule has 9 nitrogen and oxygen atoms in total. The standard InChI is InChI=1S/C29H37ClN4O5/c1-18-27(19-6-7-25(36-4)26(14-19)37-5)32-28(33-29(18)34(3)22-8-10-38-11-9-22)20-12-21(30)15-24(13-20)39-17-23(35)16-31-2/h6-7,12-15,22-23,31,35H,8-11,16-17H2,1-5H3. The maximum atomic E-state index is 10.1. The highest BCUT2D eigenvalue weighted by Crippen LogP contribution is 2.37. The minimum Gasteiger partial charge on any atom is -0.493 e. The van der Waals surface area contributed by atoms with Crippen molar-refractivity contribution in [2.45, 2.75) is 31.9 Å². The van der Waals surface area contributed by atoms with E-state index in [-0.39, 0.29) is 6.61 Å². The van der Waals surface area contributed by atoms with E-state index in [0.717, 1.165) is 48.7 Å². The van der Waals surface area contributed by atoms with Crippen LogP contribution in [-0.2, 0) is 4.74 Å². The van der Waals surface area contributed by atoms with Crippen LogP contribution in [0.15, 0.2) is 36.4 Å².